The Morgan fingerprint density at radius 1 is 1.19 bits per heavy atom. The highest BCUT2D eigenvalue weighted by molar-refractivity contribution is 8.00. The molecule has 1 fully saturated rings. The number of nitrogens with zero attached hydrogens (tertiary/aromatic N) is 3. The summed E-state index contributed by atoms with van der Waals surface area (Å²) in [4.78, 5) is 44.4. The molecule has 1 aliphatic heterocycles. The van der Waals surface area contributed by atoms with Crippen LogP contribution in [0.3, 0.4) is 0 Å². The number of piperidine rings is 1. The lowest BCUT2D eigenvalue weighted by Gasteiger charge is -2.30. The summed E-state index contributed by atoms with van der Waals surface area (Å²) in [7, 11) is 0. The number of alkyl halides is 3. The van der Waals surface area contributed by atoms with Gasteiger partial charge in [0.2, 0.25) is 17.7 Å². The lowest BCUT2D eigenvalue weighted by Crippen LogP contribution is -2.44. The number of oxazole rings is 1. The van der Waals surface area contributed by atoms with Crippen molar-refractivity contribution in [2.75, 3.05) is 51.3 Å². The number of rotatable bonds is 12. The molecule has 42 heavy (non-hydrogen) atoms. The van der Waals surface area contributed by atoms with Crippen molar-refractivity contribution < 1.29 is 41.8 Å². The summed E-state index contributed by atoms with van der Waals surface area (Å²) >= 11 is 3.03. The van der Waals surface area contributed by atoms with Gasteiger partial charge >= 0.3 is 12.1 Å². The molecule has 2 aromatic rings. The number of thioether (sulfide) groups is 1. The van der Waals surface area contributed by atoms with Gasteiger partial charge in [-0.1, -0.05) is 32.1 Å². The summed E-state index contributed by atoms with van der Waals surface area (Å²) in [6.45, 7) is 9.92. The molecule has 1 aliphatic rings. The zero-order valence-electron chi connectivity index (χ0n) is 23.7. The highest BCUT2D eigenvalue weighted by Gasteiger charge is 2.38. The predicted molar refractivity (Wildman–Crippen MR) is 151 cm³/mol. The van der Waals surface area contributed by atoms with Gasteiger partial charge in [-0.15, -0.1) is 11.8 Å². The maximum absolute atomic E-state index is 12.7. The van der Waals surface area contributed by atoms with Gasteiger partial charge in [0.05, 0.1) is 42.1 Å². The molecule has 5 N–H and O–H groups in total. The first-order valence-electron chi connectivity index (χ1n) is 13.1. The second kappa shape index (κ2) is 16.8. The van der Waals surface area contributed by atoms with Crippen LogP contribution in [0.1, 0.15) is 45.3 Å². The first-order valence-corrected chi connectivity index (χ1v) is 14.9. The molecular weight excluding hydrogens is 601 g/mol. The number of nitrogens with one attached hydrogen (secondary N) is 2. The number of hydrogen-bond acceptors (Lipinski definition) is 11. The molecule has 0 saturated carbocycles. The zero-order chi connectivity index (χ0) is 31.3. The largest absolute Gasteiger partial charge is 0.490 e. The van der Waals surface area contributed by atoms with Gasteiger partial charge in [-0.3, -0.25) is 14.5 Å². The number of likely N-dealkylation sites (tertiary alicyclic amines) is 1. The molecule has 236 valence electrons. The average Bonchev–Trinajstić information content (AvgIpc) is 3.57. The molecule has 3 rings (SSSR count). The highest BCUT2D eigenvalue weighted by Crippen LogP contribution is 2.32. The number of carboxylic acid groups (broad SMARTS) is 1. The smallest absolute Gasteiger partial charge is 0.475 e. The Morgan fingerprint density at radius 2 is 1.86 bits per heavy atom. The number of carbonyl (C=O) groups is 3. The van der Waals surface area contributed by atoms with E-state index in [-0.39, 0.29) is 23.1 Å². The van der Waals surface area contributed by atoms with Gasteiger partial charge < -0.3 is 30.6 Å². The fourth-order valence-electron chi connectivity index (χ4n) is 3.51. The van der Waals surface area contributed by atoms with E-state index in [4.69, 9.17) is 24.8 Å². The monoisotopic (exact) mass is 638 g/mol. The van der Waals surface area contributed by atoms with E-state index in [1.165, 1.54) is 11.3 Å². The zero-order valence-corrected chi connectivity index (χ0v) is 25.3. The maximum Gasteiger partial charge on any atom is 0.490 e. The number of amides is 2. The van der Waals surface area contributed by atoms with Crippen molar-refractivity contribution in [2.24, 2.45) is 11.7 Å². The molecule has 2 amide bonds. The molecule has 17 heteroatoms. The molecule has 0 bridgehead atoms. The van der Waals surface area contributed by atoms with Crippen molar-refractivity contribution in [3.05, 3.63) is 24.0 Å². The molecule has 0 unspecified atom stereocenters. The fourth-order valence-corrected chi connectivity index (χ4v) is 5.24. The third-order valence-corrected chi connectivity index (χ3v) is 7.84. The first kappa shape index (κ1) is 35.5. The number of carbonyl (C=O) groups excluding carboxylic acids is 2. The van der Waals surface area contributed by atoms with E-state index < -0.39 is 12.1 Å². The number of halogens is 3. The third-order valence-electron chi connectivity index (χ3n) is 5.74. The highest BCUT2D eigenvalue weighted by atomic mass is 32.2. The number of thiazole rings is 1. The topological polar surface area (TPSA) is 173 Å². The van der Waals surface area contributed by atoms with Crippen LogP contribution >= 0.6 is 23.1 Å². The minimum atomic E-state index is -5.08. The van der Waals surface area contributed by atoms with Gasteiger partial charge in [-0.25, -0.2) is 14.8 Å². The van der Waals surface area contributed by atoms with Gasteiger partial charge in [-0.2, -0.15) is 13.2 Å². The maximum atomic E-state index is 12.7. The van der Waals surface area contributed by atoms with Crippen LogP contribution < -0.4 is 16.4 Å². The number of aliphatic carboxylic acids is 1. The summed E-state index contributed by atoms with van der Waals surface area (Å²) < 4.78 is 43.8. The number of anilines is 1. The predicted octanol–water partition coefficient (Wildman–Crippen LogP) is 3.10. The molecule has 0 atom stereocenters. The van der Waals surface area contributed by atoms with Crippen molar-refractivity contribution in [3.63, 3.8) is 0 Å². The second-order valence-corrected chi connectivity index (χ2v) is 12.5. The van der Waals surface area contributed by atoms with Crippen molar-refractivity contribution in [3.8, 4) is 0 Å². The van der Waals surface area contributed by atoms with E-state index in [2.05, 4.69) is 46.3 Å². The van der Waals surface area contributed by atoms with Gasteiger partial charge in [0.1, 0.15) is 5.76 Å². The van der Waals surface area contributed by atoms with E-state index >= 15 is 0 Å². The van der Waals surface area contributed by atoms with Gasteiger partial charge in [0.15, 0.2) is 5.13 Å². The molecule has 0 radical (unpaired) electrons. The average molecular weight is 639 g/mol. The molecule has 0 aromatic carbocycles. The van der Waals surface area contributed by atoms with Crippen LogP contribution in [0.5, 0.6) is 0 Å². The van der Waals surface area contributed by atoms with E-state index in [0.29, 0.717) is 75.6 Å². The SMILES string of the molecule is CC(C)(C)c1cnc(CSc2cnc(NC(=O)C3CCN(CC(=O)NCCOCCN)CC3)s2)o1.O=C(O)C(F)(F)F. The number of aromatic nitrogens is 2. The Balaban J connectivity index is 0.000000782. The van der Waals surface area contributed by atoms with Crippen molar-refractivity contribution in [2.45, 2.75) is 55.2 Å². The number of hydrogen-bond donors (Lipinski definition) is 4. The molecular formula is C25H37F3N6O6S2. The Kier molecular flexibility index (Phi) is 14.2. The molecule has 2 aromatic heterocycles. The Bertz CT molecular complexity index is 1150. The minimum absolute atomic E-state index is 0.0143. The van der Waals surface area contributed by atoms with Crippen molar-refractivity contribution in [1.82, 2.24) is 20.2 Å². The number of ether oxygens (including phenoxy) is 1. The van der Waals surface area contributed by atoms with Crippen LogP contribution in [0.2, 0.25) is 0 Å². The van der Waals surface area contributed by atoms with Crippen molar-refractivity contribution >= 4 is 46.0 Å². The van der Waals surface area contributed by atoms with Crippen LogP contribution in [0.4, 0.5) is 18.3 Å². The lowest BCUT2D eigenvalue weighted by molar-refractivity contribution is -0.192. The van der Waals surface area contributed by atoms with E-state index in [1.54, 1.807) is 24.2 Å². The summed E-state index contributed by atoms with van der Waals surface area (Å²) in [5.41, 5.74) is 5.29. The summed E-state index contributed by atoms with van der Waals surface area (Å²) in [6.07, 6.45) is -0.107. The van der Waals surface area contributed by atoms with Gasteiger partial charge in [0.25, 0.3) is 0 Å². The Hall–Kier alpha value is -2.73. The van der Waals surface area contributed by atoms with Crippen LogP contribution in [0.15, 0.2) is 21.0 Å². The molecule has 1 saturated heterocycles. The quantitative estimate of drug-likeness (QED) is 0.199. The van der Waals surface area contributed by atoms with Gasteiger partial charge in [0, 0.05) is 24.4 Å². The van der Waals surface area contributed by atoms with E-state index in [9.17, 15) is 22.8 Å². The second-order valence-electron chi connectivity index (χ2n) is 10.2. The molecule has 12 nitrogen and oxygen atoms in total. The fraction of sp³-hybridized carbons (Fsp3) is 0.640. The Morgan fingerprint density at radius 3 is 2.43 bits per heavy atom. The van der Waals surface area contributed by atoms with E-state index in [1.807, 2.05) is 0 Å². The van der Waals surface area contributed by atoms with Crippen LogP contribution in [0, 0.1) is 5.92 Å². The summed E-state index contributed by atoms with van der Waals surface area (Å²) in [5.74, 6) is -0.729. The standard InChI is InChI=1S/C23H36N6O4S2.C2HF3O2/c1-23(2,3)17-12-26-19(33-17)15-34-20-13-27-22(35-20)28-21(31)16-4-8-29(9-5-16)14-18(30)25-7-11-32-10-6-24;3-2(4,5)1(6)7/h12-13,16H,4-11,14-15,24H2,1-3H3,(H,25,30)(H,27,28,31);(H,6,7). The van der Waals surface area contributed by atoms with Crippen LogP contribution in [-0.4, -0.2) is 89.9 Å². The van der Waals surface area contributed by atoms with Gasteiger partial charge in [-0.05, 0) is 25.9 Å². The molecule has 0 aliphatic carbocycles. The molecule has 0 spiro atoms. The molecule has 3 heterocycles. The van der Waals surface area contributed by atoms with Crippen LogP contribution in [-0.2, 0) is 30.3 Å². The number of carboxylic acids is 1. The first-order chi connectivity index (χ1) is 19.7. The van der Waals surface area contributed by atoms with Crippen LogP contribution in [0.25, 0.3) is 0 Å². The summed E-state index contributed by atoms with van der Waals surface area (Å²) in [6, 6.07) is 0. The Labute approximate surface area is 250 Å². The minimum Gasteiger partial charge on any atom is -0.475 e. The van der Waals surface area contributed by atoms with E-state index in [0.717, 1.165) is 9.97 Å². The number of nitrogens with two attached hydrogens (primary N) is 1. The third kappa shape index (κ3) is 13.1. The summed E-state index contributed by atoms with van der Waals surface area (Å²) in [5, 5.41) is 13.5. The van der Waals surface area contributed by atoms with Crippen molar-refractivity contribution in [1.29, 1.82) is 0 Å². The lowest BCUT2D eigenvalue weighted by atomic mass is 9.94. The normalized spacial score (nSPS) is 14.6.